The van der Waals surface area contributed by atoms with Gasteiger partial charge in [-0.15, -0.1) is 0 Å². The summed E-state index contributed by atoms with van der Waals surface area (Å²) < 4.78 is 0. The average Bonchev–Trinajstić information content (AvgIpc) is 2.89. The molecule has 1 aromatic rings. The van der Waals surface area contributed by atoms with E-state index in [2.05, 4.69) is 53.2 Å². The maximum atomic E-state index is 4.64. The van der Waals surface area contributed by atoms with E-state index in [1.807, 2.05) is 0 Å². The third-order valence-corrected chi connectivity index (χ3v) is 3.50. The molecule has 1 aromatic heterocycles. The zero-order valence-electron chi connectivity index (χ0n) is 11.7. The molecule has 1 heterocycles. The van der Waals surface area contributed by atoms with Gasteiger partial charge >= 0.3 is 0 Å². The van der Waals surface area contributed by atoms with Crippen molar-refractivity contribution in [2.75, 3.05) is 19.6 Å². The summed E-state index contributed by atoms with van der Waals surface area (Å²) in [4.78, 5) is 4.64. The smallest absolute Gasteiger partial charge is 0.191 e. The molecule has 0 bridgehead atoms. The van der Waals surface area contributed by atoms with Crippen molar-refractivity contribution in [1.29, 1.82) is 0 Å². The second-order valence-electron chi connectivity index (χ2n) is 4.46. The van der Waals surface area contributed by atoms with Crippen molar-refractivity contribution in [1.82, 2.24) is 10.6 Å². The van der Waals surface area contributed by atoms with Gasteiger partial charge in [-0.3, -0.25) is 4.99 Å². The van der Waals surface area contributed by atoms with E-state index < -0.39 is 0 Å². The maximum absolute atomic E-state index is 4.64. The molecule has 102 valence electrons. The number of nitrogens with zero attached hydrogens (tertiary/aromatic N) is 1. The van der Waals surface area contributed by atoms with E-state index in [4.69, 9.17) is 0 Å². The summed E-state index contributed by atoms with van der Waals surface area (Å²) in [6.45, 7) is 9.25. The predicted molar refractivity (Wildman–Crippen MR) is 81.6 cm³/mol. The molecule has 1 atom stereocenters. The molecule has 3 nitrogen and oxygen atoms in total. The molecule has 1 unspecified atom stereocenters. The molecule has 2 N–H and O–H groups in total. The number of aliphatic imine (C=N–C) groups is 1. The quantitative estimate of drug-likeness (QED) is 0.452. The summed E-state index contributed by atoms with van der Waals surface area (Å²) in [5.74, 6) is 1.42. The molecule has 0 radical (unpaired) electrons. The number of hydrogen-bond acceptors (Lipinski definition) is 2. The van der Waals surface area contributed by atoms with Gasteiger partial charge in [0.2, 0.25) is 0 Å². The lowest BCUT2D eigenvalue weighted by atomic mass is 10.1. The summed E-state index contributed by atoms with van der Waals surface area (Å²) in [6, 6.07) is 2.18. The molecular formula is C14H25N3S. The second-order valence-corrected chi connectivity index (χ2v) is 5.24. The molecule has 0 saturated carbocycles. The third kappa shape index (κ3) is 5.54. The highest BCUT2D eigenvalue weighted by molar-refractivity contribution is 7.07. The number of unbranched alkanes of at least 4 members (excludes halogenated alkanes) is 1. The minimum atomic E-state index is 0.484. The lowest BCUT2D eigenvalue weighted by Crippen LogP contribution is -2.38. The van der Waals surface area contributed by atoms with E-state index in [1.165, 1.54) is 18.4 Å². The highest BCUT2D eigenvalue weighted by Crippen LogP contribution is 2.18. The largest absolute Gasteiger partial charge is 0.357 e. The van der Waals surface area contributed by atoms with E-state index in [0.29, 0.717) is 5.92 Å². The van der Waals surface area contributed by atoms with Gasteiger partial charge in [0.15, 0.2) is 5.96 Å². The number of rotatable bonds is 7. The first-order valence-electron chi connectivity index (χ1n) is 6.82. The average molecular weight is 267 g/mol. The Morgan fingerprint density at radius 1 is 1.39 bits per heavy atom. The molecule has 0 amide bonds. The van der Waals surface area contributed by atoms with Crippen LogP contribution >= 0.6 is 11.3 Å². The van der Waals surface area contributed by atoms with Gasteiger partial charge in [-0.25, -0.2) is 0 Å². The van der Waals surface area contributed by atoms with Gasteiger partial charge in [-0.05, 0) is 35.7 Å². The van der Waals surface area contributed by atoms with Crippen LogP contribution in [0.3, 0.4) is 0 Å². The van der Waals surface area contributed by atoms with Gasteiger partial charge in [0, 0.05) is 25.6 Å². The Bertz CT molecular complexity index is 333. The van der Waals surface area contributed by atoms with Crippen molar-refractivity contribution in [2.45, 2.75) is 39.5 Å². The summed E-state index contributed by atoms with van der Waals surface area (Å²) in [6.07, 6.45) is 2.39. The van der Waals surface area contributed by atoms with Crippen LogP contribution in [-0.2, 0) is 0 Å². The van der Waals surface area contributed by atoms with Gasteiger partial charge < -0.3 is 10.6 Å². The fourth-order valence-corrected chi connectivity index (χ4v) is 2.40. The van der Waals surface area contributed by atoms with Crippen molar-refractivity contribution in [3.8, 4) is 0 Å². The van der Waals surface area contributed by atoms with Crippen LogP contribution in [0.15, 0.2) is 21.8 Å². The van der Waals surface area contributed by atoms with Crippen molar-refractivity contribution in [2.24, 2.45) is 4.99 Å². The molecule has 0 aliphatic heterocycles. The summed E-state index contributed by atoms with van der Waals surface area (Å²) in [5.41, 5.74) is 1.38. The Hall–Kier alpha value is -1.03. The van der Waals surface area contributed by atoms with Gasteiger partial charge in [0.1, 0.15) is 0 Å². The minimum Gasteiger partial charge on any atom is -0.357 e. The minimum absolute atomic E-state index is 0.484. The van der Waals surface area contributed by atoms with Crippen molar-refractivity contribution in [3.63, 3.8) is 0 Å². The van der Waals surface area contributed by atoms with Crippen molar-refractivity contribution >= 4 is 17.3 Å². The fraction of sp³-hybridized carbons (Fsp3) is 0.643. The highest BCUT2D eigenvalue weighted by atomic mass is 32.1. The Morgan fingerprint density at radius 2 is 2.22 bits per heavy atom. The molecular weight excluding hydrogens is 242 g/mol. The summed E-state index contributed by atoms with van der Waals surface area (Å²) in [5, 5.41) is 11.0. The van der Waals surface area contributed by atoms with E-state index in [1.54, 1.807) is 11.3 Å². The zero-order chi connectivity index (χ0) is 13.2. The van der Waals surface area contributed by atoms with Crippen LogP contribution in [-0.4, -0.2) is 25.6 Å². The molecule has 0 aliphatic carbocycles. The Balaban J connectivity index is 2.43. The van der Waals surface area contributed by atoms with Gasteiger partial charge in [0.25, 0.3) is 0 Å². The Morgan fingerprint density at radius 3 is 2.83 bits per heavy atom. The number of thiophene rings is 1. The number of nitrogens with one attached hydrogen (secondary N) is 2. The summed E-state index contributed by atoms with van der Waals surface area (Å²) >= 11 is 1.75. The van der Waals surface area contributed by atoms with Gasteiger partial charge in [-0.2, -0.15) is 11.3 Å². The van der Waals surface area contributed by atoms with E-state index in [0.717, 1.165) is 25.6 Å². The van der Waals surface area contributed by atoms with E-state index in [-0.39, 0.29) is 0 Å². The maximum Gasteiger partial charge on any atom is 0.191 e. The first-order valence-corrected chi connectivity index (χ1v) is 7.76. The van der Waals surface area contributed by atoms with Crippen LogP contribution < -0.4 is 10.6 Å². The molecule has 0 aromatic carbocycles. The molecule has 0 spiro atoms. The van der Waals surface area contributed by atoms with Crippen LogP contribution in [0.1, 0.15) is 45.1 Å². The Kier molecular flexibility index (Phi) is 7.49. The summed E-state index contributed by atoms with van der Waals surface area (Å²) in [7, 11) is 0. The van der Waals surface area contributed by atoms with Crippen LogP contribution in [0.2, 0.25) is 0 Å². The van der Waals surface area contributed by atoms with Gasteiger partial charge in [0.05, 0.1) is 0 Å². The van der Waals surface area contributed by atoms with E-state index in [9.17, 15) is 0 Å². The van der Waals surface area contributed by atoms with Crippen LogP contribution in [0.5, 0.6) is 0 Å². The molecule has 0 saturated heterocycles. The first kappa shape index (κ1) is 15.0. The number of guanidine groups is 1. The lowest BCUT2D eigenvalue weighted by Gasteiger charge is -2.12. The van der Waals surface area contributed by atoms with E-state index >= 15 is 0 Å². The van der Waals surface area contributed by atoms with Crippen molar-refractivity contribution < 1.29 is 0 Å². The molecule has 0 fully saturated rings. The van der Waals surface area contributed by atoms with Crippen molar-refractivity contribution in [3.05, 3.63) is 22.4 Å². The second kappa shape index (κ2) is 8.97. The van der Waals surface area contributed by atoms with Crippen LogP contribution in [0.25, 0.3) is 0 Å². The molecule has 18 heavy (non-hydrogen) atoms. The normalized spacial score (nSPS) is 13.4. The standard InChI is InChI=1S/C14H25N3S/c1-4-6-8-16-14(15-5-2)17-10-12(3)13-7-9-18-11-13/h7,9,11-12H,4-6,8,10H2,1-3H3,(H2,15,16,17). The fourth-order valence-electron chi connectivity index (χ4n) is 1.61. The van der Waals surface area contributed by atoms with Crippen LogP contribution in [0, 0.1) is 0 Å². The lowest BCUT2D eigenvalue weighted by molar-refractivity contribution is 0.717. The predicted octanol–water partition coefficient (Wildman–Crippen LogP) is 3.21. The number of hydrogen-bond donors (Lipinski definition) is 2. The Labute approximate surface area is 115 Å². The molecule has 0 aliphatic rings. The highest BCUT2D eigenvalue weighted by Gasteiger charge is 2.05. The molecule has 4 heteroatoms. The first-order chi connectivity index (χ1) is 8.77. The SMILES string of the molecule is CCCCNC(=NCC(C)c1ccsc1)NCC. The third-order valence-electron chi connectivity index (χ3n) is 2.80. The monoisotopic (exact) mass is 267 g/mol. The van der Waals surface area contributed by atoms with Gasteiger partial charge in [-0.1, -0.05) is 20.3 Å². The topological polar surface area (TPSA) is 36.4 Å². The molecule has 1 rings (SSSR count). The zero-order valence-corrected chi connectivity index (χ0v) is 12.5. The van der Waals surface area contributed by atoms with Crippen LogP contribution in [0.4, 0.5) is 0 Å².